The second-order valence-corrected chi connectivity index (χ2v) is 3.06. The van der Waals surface area contributed by atoms with Crippen LogP contribution >= 0.6 is 0 Å². The Bertz CT molecular complexity index is 341. The fourth-order valence-electron chi connectivity index (χ4n) is 1.79. The lowest BCUT2D eigenvalue weighted by molar-refractivity contribution is 0.0684. The Hall–Kier alpha value is -1.32. The third-order valence-corrected chi connectivity index (χ3v) is 2.27. The van der Waals surface area contributed by atoms with Gasteiger partial charge in [0.2, 0.25) is 0 Å². The first-order valence-corrected chi connectivity index (χ1v) is 3.98. The molecule has 1 aromatic rings. The van der Waals surface area contributed by atoms with E-state index in [0.29, 0.717) is 5.69 Å². The lowest BCUT2D eigenvalue weighted by Crippen LogP contribution is -2.07. The molecule has 1 N–H and O–H groups in total. The molecular weight excluding hydrogens is 156 g/mol. The van der Waals surface area contributed by atoms with Gasteiger partial charge in [0.05, 0.1) is 5.69 Å². The number of aromatic carboxylic acids is 1. The molecular formula is C8H10N2O2. The molecule has 1 heterocycles. The maximum absolute atomic E-state index is 10.8. The highest BCUT2D eigenvalue weighted by molar-refractivity contribution is 5.87. The number of carboxylic acids is 1. The minimum absolute atomic E-state index is 0.363. The molecule has 0 unspecified atom stereocenters. The van der Waals surface area contributed by atoms with Gasteiger partial charge in [-0.25, -0.2) is 4.79 Å². The maximum Gasteiger partial charge on any atom is 0.354 e. The molecule has 2 rings (SSSR count). The second-order valence-electron chi connectivity index (χ2n) is 3.06. The molecule has 0 bridgehead atoms. The van der Waals surface area contributed by atoms with Gasteiger partial charge in [-0.15, -0.1) is 0 Å². The number of nitrogens with zero attached hydrogens (tertiary/aromatic N) is 2. The molecule has 0 fully saturated rings. The molecule has 1 aromatic heterocycles. The summed E-state index contributed by atoms with van der Waals surface area (Å²) >= 11 is 0. The van der Waals surface area contributed by atoms with Gasteiger partial charge < -0.3 is 5.11 Å². The Morgan fingerprint density at radius 1 is 1.58 bits per heavy atom. The molecule has 1 aliphatic carbocycles. The zero-order chi connectivity index (χ0) is 8.72. The van der Waals surface area contributed by atoms with Gasteiger partial charge in [0, 0.05) is 12.6 Å². The first-order valence-electron chi connectivity index (χ1n) is 3.98. The Kier molecular flexibility index (Phi) is 1.43. The van der Waals surface area contributed by atoms with Crippen LogP contribution in [0.25, 0.3) is 0 Å². The molecule has 4 nitrogen and oxygen atoms in total. The highest BCUT2D eigenvalue weighted by Gasteiger charge is 2.24. The molecule has 0 atom stereocenters. The van der Waals surface area contributed by atoms with Gasteiger partial charge in [0.1, 0.15) is 5.69 Å². The maximum atomic E-state index is 10.8. The topological polar surface area (TPSA) is 55.1 Å². The molecule has 0 saturated carbocycles. The smallest absolute Gasteiger partial charge is 0.354 e. The van der Waals surface area contributed by atoms with Crippen LogP contribution in [0.15, 0.2) is 0 Å². The molecule has 0 saturated heterocycles. The third-order valence-electron chi connectivity index (χ3n) is 2.27. The number of carboxylic acid groups (broad SMARTS) is 1. The Morgan fingerprint density at radius 2 is 2.33 bits per heavy atom. The molecule has 64 valence electrons. The lowest BCUT2D eigenvalue weighted by Gasteiger charge is -1.96. The van der Waals surface area contributed by atoms with Gasteiger partial charge in [0.25, 0.3) is 0 Å². The van der Waals surface area contributed by atoms with Gasteiger partial charge in [-0.1, -0.05) is 0 Å². The number of carbonyl (C=O) groups is 1. The second kappa shape index (κ2) is 2.33. The molecule has 0 aromatic carbocycles. The van der Waals surface area contributed by atoms with E-state index in [1.807, 2.05) is 0 Å². The van der Waals surface area contributed by atoms with Crippen molar-refractivity contribution in [3.63, 3.8) is 0 Å². The van der Waals surface area contributed by atoms with E-state index in [0.717, 1.165) is 30.5 Å². The van der Waals surface area contributed by atoms with E-state index >= 15 is 0 Å². The van der Waals surface area contributed by atoms with Crippen molar-refractivity contribution < 1.29 is 9.90 Å². The van der Waals surface area contributed by atoms with Crippen molar-refractivity contribution in [2.24, 2.45) is 7.05 Å². The lowest BCUT2D eigenvalue weighted by atomic mass is 10.2. The van der Waals surface area contributed by atoms with Crippen LogP contribution in [0, 0.1) is 0 Å². The Morgan fingerprint density at radius 3 is 3.00 bits per heavy atom. The first kappa shape index (κ1) is 7.34. The fraction of sp³-hybridized carbons (Fsp3) is 0.500. The zero-order valence-corrected chi connectivity index (χ0v) is 6.87. The van der Waals surface area contributed by atoms with E-state index < -0.39 is 5.97 Å². The summed E-state index contributed by atoms with van der Waals surface area (Å²) in [7, 11) is 1.68. The average Bonchev–Trinajstić information content (AvgIpc) is 2.44. The number of aromatic nitrogens is 2. The summed E-state index contributed by atoms with van der Waals surface area (Å²) in [6.45, 7) is 0. The standard InChI is InChI=1S/C8H10N2O2/c1-10-7(8(11)12)5-3-2-4-6(5)9-10/h2-4H2,1H3,(H,11,12). The summed E-state index contributed by atoms with van der Waals surface area (Å²) in [6, 6.07) is 0. The van der Waals surface area contributed by atoms with Crippen molar-refractivity contribution in [1.29, 1.82) is 0 Å². The van der Waals surface area contributed by atoms with Crippen LogP contribution in [-0.4, -0.2) is 20.9 Å². The van der Waals surface area contributed by atoms with Crippen molar-refractivity contribution in [2.45, 2.75) is 19.3 Å². The van der Waals surface area contributed by atoms with E-state index in [1.54, 1.807) is 7.05 Å². The summed E-state index contributed by atoms with van der Waals surface area (Å²) in [5.74, 6) is -0.867. The van der Waals surface area contributed by atoms with Crippen LogP contribution in [0.4, 0.5) is 0 Å². The minimum Gasteiger partial charge on any atom is -0.477 e. The number of hydrogen-bond acceptors (Lipinski definition) is 2. The van der Waals surface area contributed by atoms with Crippen LogP contribution < -0.4 is 0 Å². The normalized spacial score (nSPS) is 14.8. The van der Waals surface area contributed by atoms with Crippen LogP contribution in [0.5, 0.6) is 0 Å². The predicted octanol–water partition coefficient (Wildman–Crippen LogP) is 0.607. The molecule has 0 amide bonds. The summed E-state index contributed by atoms with van der Waals surface area (Å²) < 4.78 is 1.46. The van der Waals surface area contributed by atoms with Crippen molar-refractivity contribution in [3.05, 3.63) is 17.0 Å². The Balaban J connectivity index is 2.59. The third kappa shape index (κ3) is 0.841. The molecule has 4 heteroatoms. The van der Waals surface area contributed by atoms with Crippen molar-refractivity contribution in [2.75, 3.05) is 0 Å². The van der Waals surface area contributed by atoms with Crippen molar-refractivity contribution in [1.82, 2.24) is 9.78 Å². The average molecular weight is 166 g/mol. The quantitative estimate of drug-likeness (QED) is 0.664. The van der Waals surface area contributed by atoms with Crippen LogP contribution in [0.1, 0.15) is 28.2 Å². The highest BCUT2D eigenvalue weighted by Crippen LogP contribution is 2.23. The number of aryl methyl sites for hydroxylation is 2. The van der Waals surface area contributed by atoms with Gasteiger partial charge in [-0.2, -0.15) is 5.10 Å². The van der Waals surface area contributed by atoms with Gasteiger partial charge in [-0.05, 0) is 19.3 Å². The molecule has 0 radical (unpaired) electrons. The minimum atomic E-state index is -0.867. The van der Waals surface area contributed by atoms with E-state index in [2.05, 4.69) is 5.10 Å². The fourth-order valence-corrected chi connectivity index (χ4v) is 1.79. The Labute approximate surface area is 69.8 Å². The summed E-state index contributed by atoms with van der Waals surface area (Å²) in [6.07, 6.45) is 2.83. The van der Waals surface area contributed by atoms with E-state index in [1.165, 1.54) is 4.68 Å². The number of hydrogen-bond donors (Lipinski definition) is 1. The monoisotopic (exact) mass is 166 g/mol. The van der Waals surface area contributed by atoms with Crippen LogP contribution in [0.2, 0.25) is 0 Å². The van der Waals surface area contributed by atoms with E-state index in [-0.39, 0.29) is 0 Å². The first-order chi connectivity index (χ1) is 5.70. The highest BCUT2D eigenvalue weighted by atomic mass is 16.4. The SMILES string of the molecule is Cn1nc2c(c1C(=O)O)CCC2. The van der Waals surface area contributed by atoms with Crippen LogP contribution in [-0.2, 0) is 19.9 Å². The summed E-state index contributed by atoms with van der Waals surface area (Å²) in [5, 5.41) is 13.0. The van der Waals surface area contributed by atoms with Crippen LogP contribution in [0.3, 0.4) is 0 Å². The predicted molar refractivity (Wildman–Crippen MR) is 42.2 cm³/mol. The van der Waals surface area contributed by atoms with Crippen molar-refractivity contribution >= 4 is 5.97 Å². The molecule has 12 heavy (non-hydrogen) atoms. The van der Waals surface area contributed by atoms with Gasteiger partial charge in [0.15, 0.2) is 0 Å². The molecule has 0 spiro atoms. The summed E-state index contributed by atoms with van der Waals surface area (Å²) in [5.41, 5.74) is 2.27. The van der Waals surface area contributed by atoms with Crippen molar-refractivity contribution in [3.8, 4) is 0 Å². The zero-order valence-electron chi connectivity index (χ0n) is 6.87. The van der Waals surface area contributed by atoms with Gasteiger partial charge >= 0.3 is 5.97 Å². The van der Waals surface area contributed by atoms with E-state index in [9.17, 15) is 4.79 Å². The largest absolute Gasteiger partial charge is 0.477 e. The molecule has 1 aliphatic rings. The number of fused-ring (bicyclic) bond motifs is 1. The summed E-state index contributed by atoms with van der Waals surface area (Å²) in [4.78, 5) is 10.8. The number of rotatable bonds is 1. The van der Waals surface area contributed by atoms with E-state index in [4.69, 9.17) is 5.11 Å². The van der Waals surface area contributed by atoms with Gasteiger partial charge in [-0.3, -0.25) is 4.68 Å². The molecule has 0 aliphatic heterocycles.